The number of aryl methyl sites for hydroxylation is 1. The van der Waals surface area contributed by atoms with Crippen LogP contribution in [0, 0.1) is 6.92 Å². The van der Waals surface area contributed by atoms with Crippen molar-refractivity contribution in [3.63, 3.8) is 0 Å². The van der Waals surface area contributed by atoms with Crippen molar-refractivity contribution in [2.45, 2.75) is 6.92 Å². The van der Waals surface area contributed by atoms with E-state index in [1.807, 2.05) is 13.0 Å². The predicted octanol–water partition coefficient (Wildman–Crippen LogP) is 3.32. The minimum Gasteiger partial charge on any atom is -0.506 e. The number of hydrogen-bond acceptors (Lipinski definition) is 7. The molecule has 3 N–H and O–H groups in total. The maximum Gasteiger partial charge on any atom is 0.264 e. The molecule has 2 aromatic rings. The molecule has 0 spiro atoms. The molecular formula is C19H18N2O5S. The first kappa shape index (κ1) is 18.7. The van der Waals surface area contributed by atoms with Crippen LogP contribution >= 0.6 is 11.8 Å². The number of amidine groups is 1. The Morgan fingerprint density at radius 2 is 1.81 bits per heavy atom. The van der Waals surface area contributed by atoms with Gasteiger partial charge < -0.3 is 25.0 Å². The summed E-state index contributed by atoms with van der Waals surface area (Å²) >= 11 is 1.15. The SMILES string of the molecule is COc1cc(/C=C2\SC(=Nc3c(C)cccc3O)NC2=O)cc(OC)c1O. The van der Waals surface area contributed by atoms with Gasteiger partial charge in [-0.25, -0.2) is 4.99 Å². The molecule has 7 nitrogen and oxygen atoms in total. The summed E-state index contributed by atoms with van der Waals surface area (Å²) in [7, 11) is 2.86. The lowest BCUT2D eigenvalue weighted by Crippen LogP contribution is -2.19. The monoisotopic (exact) mass is 386 g/mol. The second kappa shape index (κ2) is 7.63. The number of hydrogen-bond donors (Lipinski definition) is 3. The van der Waals surface area contributed by atoms with Crippen molar-refractivity contribution in [1.82, 2.24) is 5.32 Å². The third-order valence-corrected chi connectivity index (χ3v) is 4.79. The summed E-state index contributed by atoms with van der Waals surface area (Å²) in [6.07, 6.45) is 1.64. The number of carbonyl (C=O) groups is 1. The number of aromatic hydroxyl groups is 2. The second-order valence-electron chi connectivity index (χ2n) is 5.70. The topological polar surface area (TPSA) is 100 Å². The van der Waals surface area contributed by atoms with Gasteiger partial charge in [0.1, 0.15) is 11.4 Å². The molecule has 0 bridgehead atoms. The Kier molecular flexibility index (Phi) is 5.27. The lowest BCUT2D eigenvalue weighted by Gasteiger charge is -2.09. The molecule has 0 saturated carbocycles. The smallest absolute Gasteiger partial charge is 0.264 e. The van der Waals surface area contributed by atoms with Gasteiger partial charge in [0.15, 0.2) is 16.7 Å². The number of phenols is 2. The fourth-order valence-corrected chi connectivity index (χ4v) is 3.35. The highest BCUT2D eigenvalue weighted by molar-refractivity contribution is 8.18. The Balaban J connectivity index is 1.93. The van der Waals surface area contributed by atoms with Gasteiger partial charge in [-0.1, -0.05) is 12.1 Å². The first-order chi connectivity index (χ1) is 12.9. The van der Waals surface area contributed by atoms with Crippen molar-refractivity contribution >= 4 is 34.6 Å². The summed E-state index contributed by atoms with van der Waals surface area (Å²) in [5, 5.41) is 23.0. The van der Waals surface area contributed by atoms with Crippen LogP contribution in [0.1, 0.15) is 11.1 Å². The van der Waals surface area contributed by atoms with Crippen LogP contribution in [-0.4, -0.2) is 35.5 Å². The lowest BCUT2D eigenvalue weighted by atomic mass is 10.1. The highest BCUT2D eigenvalue weighted by Crippen LogP contribution is 2.39. The van der Waals surface area contributed by atoms with Crippen molar-refractivity contribution in [2.24, 2.45) is 4.99 Å². The first-order valence-corrected chi connectivity index (χ1v) is 8.77. The number of nitrogens with zero attached hydrogens (tertiary/aromatic N) is 1. The van der Waals surface area contributed by atoms with E-state index in [1.54, 1.807) is 30.3 Å². The molecule has 140 valence electrons. The normalized spacial score (nSPS) is 16.6. The van der Waals surface area contributed by atoms with E-state index in [2.05, 4.69) is 10.3 Å². The summed E-state index contributed by atoms with van der Waals surface area (Å²) in [6, 6.07) is 8.29. The van der Waals surface area contributed by atoms with Crippen LogP contribution in [0.4, 0.5) is 5.69 Å². The number of nitrogens with one attached hydrogen (secondary N) is 1. The number of ether oxygens (including phenoxy) is 2. The zero-order chi connectivity index (χ0) is 19.6. The van der Waals surface area contributed by atoms with E-state index in [0.29, 0.717) is 21.3 Å². The third kappa shape index (κ3) is 3.85. The van der Waals surface area contributed by atoms with Gasteiger partial charge in [-0.05, 0) is 54.1 Å². The van der Waals surface area contributed by atoms with Crippen molar-refractivity contribution < 1.29 is 24.5 Å². The second-order valence-corrected chi connectivity index (χ2v) is 6.73. The van der Waals surface area contributed by atoms with Crippen molar-refractivity contribution in [3.05, 3.63) is 46.4 Å². The van der Waals surface area contributed by atoms with Crippen LogP contribution in [0.3, 0.4) is 0 Å². The van der Waals surface area contributed by atoms with E-state index < -0.39 is 0 Å². The van der Waals surface area contributed by atoms with Crippen molar-refractivity contribution in [3.8, 4) is 23.0 Å². The molecule has 3 rings (SSSR count). The van der Waals surface area contributed by atoms with Gasteiger partial charge in [0.05, 0.1) is 19.1 Å². The average Bonchev–Trinajstić information content (AvgIpc) is 2.98. The number of amides is 1. The van der Waals surface area contributed by atoms with Gasteiger partial charge >= 0.3 is 0 Å². The fourth-order valence-electron chi connectivity index (χ4n) is 2.52. The Labute approximate surface area is 160 Å². The molecule has 8 heteroatoms. The summed E-state index contributed by atoms with van der Waals surface area (Å²) in [5.74, 6) is 0.107. The van der Waals surface area contributed by atoms with Crippen molar-refractivity contribution in [1.29, 1.82) is 0 Å². The van der Waals surface area contributed by atoms with E-state index >= 15 is 0 Å². The predicted molar refractivity (Wildman–Crippen MR) is 105 cm³/mol. The summed E-state index contributed by atoms with van der Waals surface area (Å²) in [6.45, 7) is 1.83. The number of phenolic OH excluding ortho intramolecular Hbond substituents is 2. The van der Waals surface area contributed by atoms with E-state index in [9.17, 15) is 15.0 Å². The number of carbonyl (C=O) groups excluding carboxylic acids is 1. The van der Waals surface area contributed by atoms with Gasteiger partial charge in [-0.3, -0.25) is 4.79 Å². The molecule has 2 aromatic carbocycles. The molecule has 0 aliphatic carbocycles. The van der Waals surface area contributed by atoms with Crippen LogP contribution in [0.5, 0.6) is 23.0 Å². The van der Waals surface area contributed by atoms with E-state index in [1.165, 1.54) is 14.2 Å². The molecule has 0 atom stereocenters. The summed E-state index contributed by atoms with van der Waals surface area (Å²) in [5.41, 5.74) is 1.83. The largest absolute Gasteiger partial charge is 0.506 e. The molecule has 0 unspecified atom stereocenters. The van der Waals surface area contributed by atoms with Crippen LogP contribution in [0.25, 0.3) is 6.08 Å². The standard InChI is InChI=1S/C19H18N2O5S/c1-10-5-4-6-12(22)16(10)20-19-21-18(24)15(27-19)9-11-7-13(25-2)17(23)14(8-11)26-3/h4-9,22-23H,1-3H3,(H,20,21,24)/b15-9-. The Morgan fingerprint density at radius 1 is 1.15 bits per heavy atom. The van der Waals surface area contributed by atoms with Gasteiger partial charge in [-0.15, -0.1) is 0 Å². The van der Waals surface area contributed by atoms with E-state index in [0.717, 1.165) is 17.3 Å². The Morgan fingerprint density at radius 3 is 2.41 bits per heavy atom. The highest BCUT2D eigenvalue weighted by Gasteiger charge is 2.25. The highest BCUT2D eigenvalue weighted by atomic mass is 32.2. The zero-order valence-corrected chi connectivity index (χ0v) is 15.8. The molecule has 1 aliphatic rings. The molecule has 1 amide bonds. The van der Waals surface area contributed by atoms with Crippen LogP contribution in [0.15, 0.2) is 40.2 Å². The maximum atomic E-state index is 12.3. The fraction of sp³-hybridized carbons (Fsp3) is 0.158. The lowest BCUT2D eigenvalue weighted by molar-refractivity contribution is -0.115. The molecular weight excluding hydrogens is 368 g/mol. The van der Waals surface area contributed by atoms with E-state index in [-0.39, 0.29) is 28.9 Å². The number of rotatable bonds is 4. The minimum atomic E-state index is -0.308. The Bertz CT molecular complexity index is 923. The van der Waals surface area contributed by atoms with Gasteiger partial charge in [0.2, 0.25) is 5.75 Å². The molecule has 1 fully saturated rings. The van der Waals surface area contributed by atoms with Gasteiger partial charge in [0, 0.05) is 0 Å². The minimum absolute atomic E-state index is 0.0442. The summed E-state index contributed by atoms with van der Waals surface area (Å²) < 4.78 is 10.3. The number of para-hydroxylation sites is 1. The maximum absolute atomic E-state index is 12.3. The van der Waals surface area contributed by atoms with Crippen LogP contribution in [0.2, 0.25) is 0 Å². The number of aliphatic imine (C=N–C) groups is 1. The molecule has 1 saturated heterocycles. The van der Waals surface area contributed by atoms with Gasteiger partial charge in [0.25, 0.3) is 5.91 Å². The summed E-state index contributed by atoms with van der Waals surface area (Å²) in [4.78, 5) is 17.0. The molecule has 0 radical (unpaired) electrons. The average molecular weight is 386 g/mol. The number of benzene rings is 2. The van der Waals surface area contributed by atoms with Crippen molar-refractivity contribution in [2.75, 3.05) is 14.2 Å². The molecule has 1 heterocycles. The van der Waals surface area contributed by atoms with E-state index in [4.69, 9.17) is 9.47 Å². The zero-order valence-electron chi connectivity index (χ0n) is 14.9. The molecule has 0 aromatic heterocycles. The first-order valence-electron chi connectivity index (χ1n) is 7.96. The number of methoxy groups -OCH3 is 2. The number of thioether (sulfide) groups is 1. The van der Waals surface area contributed by atoms with Crippen LogP contribution in [-0.2, 0) is 4.79 Å². The van der Waals surface area contributed by atoms with Crippen LogP contribution < -0.4 is 14.8 Å². The quantitative estimate of drug-likeness (QED) is 0.697. The Hall–Kier alpha value is -3.13. The third-order valence-electron chi connectivity index (χ3n) is 3.88. The van der Waals surface area contributed by atoms with Gasteiger partial charge in [-0.2, -0.15) is 0 Å². The molecule has 27 heavy (non-hydrogen) atoms. The molecule has 1 aliphatic heterocycles.